The van der Waals surface area contributed by atoms with E-state index in [9.17, 15) is 22.4 Å². The zero-order chi connectivity index (χ0) is 18.4. The number of hydrogen-bond acceptors (Lipinski definition) is 4. The van der Waals surface area contributed by atoms with E-state index < -0.39 is 17.7 Å². The molecule has 0 saturated heterocycles. The summed E-state index contributed by atoms with van der Waals surface area (Å²) < 4.78 is 52.2. The van der Waals surface area contributed by atoms with Gasteiger partial charge >= 0.3 is 6.18 Å². The van der Waals surface area contributed by atoms with Crippen LogP contribution in [0.25, 0.3) is 11.3 Å². The highest BCUT2D eigenvalue weighted by atomic mass is 32.2. The molecule has 0 radical (unpaired) electrons. The SMILES string of the molecule is CCCNC(=O)CSc1nc(-c2ccc(F)cc2)cc(C(F)(F)F)n1. The molecule has 1 amide bonds. The predicted molar refractivity (Wildman–Crippen MR) is 86.5 cm³/mol. The van der Waals surface area contributed by atoms with Gasteiger partial charge in [0.1, 0.15) is 11.5 Å². The summed E-state index contributed by atoms with van der Waals surface area (Å²) in [6, 6.07) is 5.74. The number of aromatic nitrogens is 2. The number of carbonyl (C=O) groups is 1. The zero-order valence-electron chi connectivity index (χ0n) is 13.2. The van der Waals surface area contributed by atoms with Gasteiger partial charge in [0.05, 0.1) is 11.4 Å². The standard InChI is InChI=1S/C16H15F4N3OS/c1-2-7-21-14(24)9-25-15-22-12(8-13(23-15)16(18,19)20)10-3-5-11(17)6-4-10/h3-6,8H,2,7,9H2,1H3,(H,21,24). The van der Waals surface area contributed by atoms with Gasteiger partial charge in [-0.3, -0.25) is 4.79 Å². The average molecular weight is 373 g/mol. The molecular formula is C16H15F4N3OS. The maximum atomic E-state index is 13.1. The third kappa shape index (κ3) is 5.70. The second-order valence-corrected chi connectivity index (χ2v) is 6.01. The van der Waals surface area contributed by atoms with Crippen molar-refractivity contribution in [1.29, 1.82) is 0 Å². The van der Waals surface area contributed by atoms with Crippen molar-refractivity contribution in [3.63, 3.8) is 0 Å². The lowest BCUT2D eigenvalue weighted by Gasteiger charge is -2.10. The molecule has 4 nitrogen and oxygen atoms in total. The van der Waals surface area contributed by atoms with Crippen molar-refractivity contribution in [3.8, 4) is 11.3 Å². The molecule has 1 N–H and O–H groups in total. The first-order valence-electron chi connectivity index (χ1n) is 7.41. The third-order valence-electron chi connectivity index (χ3n) is 3.04. The van der Waals surface area contributed by atoms with Gasteiger partial charge in [0.25, 0.3) is 0 Å². The van der Waals surface area contributed by atoms with Gasteiger partial charge in [0, 0.05) is 12.1 Å². The van der Waals surface area contributed by atoms with Crippen molar-refractivity contribution in [3.05, 3.63) is 41.8 Å². The van der Waals surface area contributed by atoms with Crippen LogP contribution in [-0.4, -0.2) is 28.2 Å². The molecule has 0 aliphatic heterocycles. The van der Waals surface area contributed by atoms with Crippen molar-refractivity contribution < 1.29 is 22.4 Å². The minimum Gasteiger partial charge on any atom is -0.355 e. The number of alkyl halides is 3. The monoisotopic (exact) mass is 373 g/mol. The molecule has 2 aromatic rings. The Balaban J connectivity index is 2.28. The number of amides is 1. The Labute approximate surface area is 146 Å². The number of hydrogen-bond donors (Lipinski definition) is 1. The molecule has 0 unspecified atom stereocenters. The molecule has 0 atom stereocenters. The lowest BCUT2D eigenvalue weighted by molar-refractivity contribution is -0.141. The minimum atomic E-state index is -4.66. The van der Waals surface area contributed by atoms with Gasteiger partial charge < -0.3 is 5.32 Å². The van der Waals surface area contributed by atoms with Crippen LogP contribution in [0, 0.1) is 5.82 Å². The summed E-state index contributed by atoms with van der Waals surface area (Å²) in [6.07, 6.45) is -3.90. The summed E-state index contributed by atoms with van der Waals surface area (Å²) in [5.74, 6) is -0.906. The summed E-state index contributed by atoms with van der Waals surface area (Å²) in [5.41, 5.74) is -0.774. The van der Waals surface area contributed by atoms with E-state index in [1.807, 2.05) is 6.92 Å². The summed E-state index contributed by atoms with van der Waals surface area (Å²) in [7, 11) is 0. The highest BCUT2D eigenvalue weighted by Crippen LogP contribution is 2.32. The van der Waals surface area contributed by atoms with Gasteiger partial charge in [-0.15, -0.1) is 0 Å². The molecular weight excluding hydrogens is 358 g/mol. The summed E-state index contributed by atoms with van der Waals surface area (Å²) >= 11 is 0.813. The number of rotatable bonds is 6. The van der Waals surface area contributed by atoms with Crippen LogP contribution in [0.5, 0.6) is 0 Å². The van der Waals surface area contributed by atoms with Crippen LogP contribution in [0.4, 0.5) is 17.6 Å². The smallest absolute Gasteiger partial charge is 0.355 e. The molecule has 1 aromatic heterocycles. The van der Waals surface area contributed by atoms with E-state index in [2.05, 4.69) is 15.3 Å². The van der Waals surface area contributed by atoms with Gasteiger partial charge in [0.2, 0.25) is 5.91 Å². The molecule has 9 heteroatoms. The van der Waals surface area contributed by atoms with Crippen LogP contribution >= 0.6 is 11.8 Å². The number of carbonyl (C=O) groups excluding carboxylic acids is 1. The molecule has 0 saturated carbocycles. The van der Waals surface area contributed by atoms with Crippen molar-refractivity contribution in [2.75, 3.05) is 12.3 Å². The van der Waals surface area contributed by atoms with Crippen molar-refractivity contribution in [1.82, 2.24) is 15.3 Å². The molecule has 0 aliphatic carbocycles. The van der Waals surface area contributed by atoms with Crippen LogP contribution in [0.15, 0.2) is 35.5 Å². The predicted octanol–water partition coefficient (Wildman–Crippen LogP) is 3.92. The van der Waals surface area contributed by atoms with Crippen molar-refractivity contribution in [2.24, 2.45) is 0 Å². The Hall–Kier alpha value is -2.16. The van der Waals surface area contributed by atoms with Gasteiger partial charge in [-0.05, 0) is 36.8 Å². The Morgan fingerprint density at radius 1 is 1.20 bits per heavy atom. The van der Waals surface area contributed by atoms with Crippen LogP contribution in [-0.2, 0) is 11.0 Å². The van der Waals surface area contributed by atoms with Crippen molar-refractivity contribution in [2.45, 2.75) is 24.7 Å². The first kappa shape index (κ1) is 19.2. The lowest BCUT2D eigenvalue weighted by Crippen LogP contribution is -2.25. The van der Waals surface area contributed by atoms with Crippen LogP contribution < -0.4 is 5.32 Å². The minimum absolute atomic E-state index is 0.0128. The molecule has 0 aliphatic rings. The molecule has 1 heterocycles. The van der Waals surface area contributed by atoms with Crippen molar-refractivity contribution >= 4 is 17.7 Å². The van der Waals surface area contributed by atoms with Gasteiger partial charge in [0.15, 0.2) is 5.16 Å². The highest BCUT2D eigenvalue weighted by molar-refractivity contribution is 7.99. The number of nitrogens with zero attached hydrogens (tertiary/aromatic N) is 2. The fraction of sp³-hybridized carbons (Fsp3) is 0.312. The van der Waals surface area contributed by atoms with Crippen LogP contribution in [0.2, 0.25) is 0 Å². The molecule has 25 heavy (non-hydrogen) atoms. The number of halogens is 4. The van der Waals surface area contributed by atoms with E-state index in [0.717, 1.165) is 36.4 Å². The fourth-order valence-electron chi connectivity index (χ4n) is 1.85. The van der Waals surface area contributed by atoms with Crippen LogP contribution in [0.3, 0.4) is 0 Å². The summed E-state index contributed by atoms with van der Waals surface area (Å²) in [4.78, 5) is 19.1. The second-order valence-electron chi connectivity index (χ2n) is 5.06. The second kappa shape index (κ2) is 8.28. The normalized spacial score (nSPS) is 11.4. The Kier molecular flexibility index (Phi) is 6.35. The maximum Gasteiger partial charge on any atom is 0.433 e. The van der Waals surface area contributed by atoms with Gasteiger partial charge in [-0.2, -0.15) is 13.2 Å². The van der Waals surface area contributed by atoms with E-state index in [-0.39, 0.29) is 22.5 Å². The van der Waals surface area contributed by atoms with E-state index in [4.69, 9.17) is 0 Å². The summed E-state index contributed by atoms with van der Waals surface area (Å²) in [5, 5.41) is 2.45. The Bertz CT molecular complexity index is 735. The average Bonchev–Trinajstić information content (AvgIpc) is 2.57. The fourth-order valence-corrected chi connectivity index (χ4v) is 2.54. The van der Waals surface area contributed by atoms with E-state index >= 15 is 0 Å². The molecule has 0 bridgehead atoms. The molecule has 0 fully saturated rings. The quantitative estimate of drug-likeness (QED) is 0.474. The first-order valence-corrected chi connectivity index (χ1v) is 8.40. The number of benzene rings is 1. The maximum absolute atomic E-state index is 13.1. The Morgan fingerprint density at radius 2 is 1.88 bits per heavy atom. The van der Waals surface area contributed by atoms with E-state index in [1.165, 1.54) is 12.1 Å². The van der Waals surface area contributed by atoms with E-state index in [1.54, 1.807) is 0 Å². The zero-order valence-corrected chi connectivity index (χ0v) is 14.0. The van der Waals surface area contributed by atoms with E-state index in [0.29, 0.717) is 12.1 Å². The Morgan fingerprint density at radius 3 is 2.48 bits per heavy atom. The molecule has 0 spiro atoms. The lowest BCUT2D eigenvalue weighted by atomic mass is 10.1. The number of thioether (sulfide) groups is 1. The summed E-state index contributed by atoms with van der Waals surface area (Å²) in [6.45, 7) is 2.38. The number of nitrogens with one attached hydrogen (secondary N) is 1. The molecule has 2 rings (SSSR count). The van der Waals surface area contributed by atoms with Crippen LogP contribution in [0.1, 0.15) is 19.0 Å². The molecule has 134 valence electrons. The topological polar surface area (TPSA) is 54.9 Å². The third-order valence-corrected chi connectivity index (χ3v) is 3.89. The first-order chi connectivity index (χ1) is 11.8. The highest BCUT2D eigenvalue weighted by Gasteiger charge is 2.34. The largest absolute Gasteiger partial charge is 0.433 e. The van der Waals surface area contributed by atoms with Gasteiger partial charge in [-0.1, -0.05) is 18.7 Å². The van der Waals surface area contributed by atoms with Gasteiger partial charge in [-0.25, -0.2) is 14.4 Å². The molecule has 1 aromatic carbocycles.